The molecule has 4 aromatic rings. The van der Waals surface area contributed by atoms with E-state index in [-0.39, 0.29) is 17.7 Å². The number of benzene rings is 4. The van der Waals surface area contributed by atoms with Crippen molar-refractivity contribution >= 4 is 27.8 Å². The molecule has 6 rings (SSSR count). The fourth-order valence-electron chi connectivity index (χ4n) is 5.84. The Bertz CT molecular complexity index is 1540. The van der Waals surface area contributed by atoms with Crippen molar-refractivity contribution in [3.63, 3.8) is 0 Å². The summed E-state index contributed by atoms with van der Waals surface area (Å²) in [6, 6.07) is 26.4. The average molecular weight is 492 g/mol. The Balaban J connectivity index is 1.53. The highest BCUT2D eigenvalue weighted by Gasteiger charge is 2.38. The smallest absolute Gasteiger partial charge is 0.162 e. The van der Waals surface area contributed by atoms with Gasteiger partial charge < -0.3 is 19.5 Å². The van der Waals surface area contributed by atoms with Crippen LogP contribution in [0.1, 0.15) is 41.5 Å². The summed E-state index contributed by atoms with van der Waals surface area (Å²) < 4.78 is 16.4. The van der Waals surface area contributed by atoms with Crippen LogP contribution in [0.25, 0.3) is 16.3 Å². The molecule has 0 spiro atoms. The zero-order valence-electron chi connectivity index (χ0n) is 21.2. The molecule has 1 aliphatic heterocycles. The second-order valence-electron chi connectivity index (χ2n) is 9.59. The van der Waals surface area contributed by atoms with Crippen LogP contribution in [0.4, 0.5) is 5.69 Å². The zero-order valence-corrected chi connectivity index (χ0v) is 21.2. The Kier molecular flexibility index (Phi) is 5.84. The first-order valence-corrected chi connectivity index (χ1v) is 12.5. The van der Waals surface area contributed by atoms with E-state index in [0.29, 0.717) is 17.9 Å². The molecule has 0 amide bonds. The summed E-state index contributed by atoms with van der Waals surface area (Å²) in [6.07, 6.45) is 1.26. The van der Waals surface area contributed by atoms with Crippen LogP contribution in [0.3, 0.4) is 0 Å². The highest BCUT2D eigenvalue weighted by atomic mass is 16.5. The number of ketones is 1. The lowest BCUT2D eigenvalue weighted by atomic mass is 9.71. The minimum Gasteiger partial charge on any atom is -0.497 e. The number of allylic oxidation sites excluding steroid dienone is 1. The molecule has 4 aromatic carbocycles. The molecule has 186 valence electrons. The minimum atomic E-state index is -0.271. The van der Waals surface area contributed by atoms with Gasteiger partial charge in [0.05, 0.1) is 27.4 Å². The van der Waals surface area contributed by atoms with Gasteiger partial charge in [-0.1, -0.05) is 48.5 Å². The summed E-state index contributed by atoms with van der Waals surface area (Å²) in [5.74, 6) is 2.41. The minimum absolute atomic E-state index is 0.105. The lowest BCUT2D eigenvalue weighted by Gasteiger charge is -2.37. The number of carbonyl (C=O) groups is 1. The molecule has 2 aliphatic rings. The third kappa shape index (κ3) is 3.91. The number of anilines is 1. The van der Waals surface area contributed by atoms with E-state index < -0.39 is 0 Å². The van der Waals surface area contributed by atoms with Gasteiger partial charge in [-0.25, -0.2) is 0 Å². The SMILES string of the molecule is COc1ccc([C@H]2CC(=O)C3=C(C2)c2c(ccc4ccccc24)N[C@@H]3c2ccc(OC)c(OC)c2)cc1. The van der Waals surface area contributed by atoms with E-state index in [2.05, 4.69) is 53.8 Å². The van der Waals surface area contributed by atoms with Gasteiger partial charge in [0.15, 0.2) is 17.3 Å². The standard InChI is InChI=1S/C32H29NO4/c1-35-23-12-8-19(9-13-23)22-16-25-30-24-7-5-4-6-20(24)10-14-26(30)33-32(31(25)27(34)17-22)21-11-15-28(36-2)29(18-21)37-3/h4-15,18,22,32-33H,16-17H2,1-3H3/t22-,32-/m1/s1. The molecule has 2 atom stereocenters. The van der Waals surface area contributed by atoms with Crippen molar-refractivity contribution in [3.8, 4) is 17.2 Å². The predicted molar refractivity (Wildman–Crippen MR) is 147 cm³/mol. The maximum absolute atomic E-state index is 14.0. The van der Waals surface area contributed by atoms with Crippen molar-refractivity contribution in [2.45, 2.75) is 24.8 Å². The lowest BCUT2D eigenvalue weighted by Crippen LogP contribution is -2.29. The lowest BCUT2D eigenvalue weighted by molar-refractivity contribution is -0.116. The van der Waals surface area contributed by atoms with Gasteiger partial charge >= 0.3 is 0 Å². The van der Waals surface area contributed by atoms with Crippen LogP contribution in [0.5, 0.6) is 17.2 Å². The van der Waals surface area contributed by atoms with Crippen molar-refractivity contribution in [1.29, 1.82) is 0 Å². The summed E-state index contributed by atoms with van der Waals surface area (Å²) in [7, 11) is 4.93. The number of fused-ring (bicyclic) bond motifs is 4. The number of carbonyl (C=O) groups excluding carboxylic acids is 1. The Morgan fingerprint density at radius 2 is 1.51 bits per heavy atom. The molecule has 0 bridgehead atoms. The molecule has 0 aromatic heterocycles. The van der Waals surface area contributed by atoms with Crippen LogP contribution < -0.4 is 19.5 Å². The molecule has 5 nitrogen and oxygen atoms in total. The van der Waals surface area contributed by atoms with E-state index >= 15 is 0 Å². The number of rotatable bonds is 5. The van der Waals surface area contributed by atoms with Crippen molar-refractivity contribution in [3.05, 3.63) is 101 Å². The number of ether oxygens (including phenoxy) is 3. The van der Waals surface area contributed by atoms with E-state index in [9.17, 15) is 4.79 Å². The maximum atomic E-state index is 14.0. The van der Waals surface area contributed by atoms with Crippen LogP contribution in [-0.4, -0.2) is 27.1 Å². The van der Waals surface area contributed by atoms with Crippen LogP contribution >= 0.6 is 0 Å². The molecular weight excluding hydrogens is 462 g/mol. The van der Waals surface area contributed by atoms with Gasteiger partial charge in [0, 0.05) is 23.2 Å². The number of hydrogen-bond donors (Lipinski definition) is 1. The van der Waals surface area contributed by atoms with Crippen molar-refractivity contribution in [1.82, 2.24) is 0 Å². The second kappa shape index (κ2) is 9.32. The summed E-state index contributed by atoms with van der Waals surface area (Å²) in [5, 5.41) is 6.03. The molecule has 1 heterocycles. The molecule has 1 aliphatic carbocycles. The van der Waals surface area contributed by atoms with Gasteiger partial charge in [-0.3, -0.25) is 4.79 Å². The summed E-state index contributed by atoms with van der Waals surface area (Å²) in [5.41, 5.74) is 6.28. The van der Waals surface area contributed by atoms with E-state index in [1.165, 1.54) is 5.39 Å². The van der Waals surface area contributed by atoms with E-state index in [0.717, 1.165) is 51.1 Å². The highest BCUT2D eigenvalue weighted by Crippen LogP contribution is 2.51. The Morgan fingerprint density at radius 1 is 0.757 bits per heavy atom. The van der Waals surface area contributed by atoms with Crippen LogP contribution in [0.15, 0.2) is 84.4 Å². The fraction of sp³-hybridized carbons (Fsp3) is 0.219. The van der Waals surface area contributed by atoms with E-state index in [1.807, 2.05) is 30.3 Å². The third-order valence-corrected chi connectivity index (χ3v) is 7.66. The first-order valence-electron chi connectivity index (χ1n) is 12.5. The number of methoxy groups -OCH3 is 3. The molecule has 0 radical (unpaired) electrons. The Morgan fingerprint density at radius 3 is 2.27 bits per heavy atom. The molecule has 0 unspecified atom stereocenters. The maximum Gasteiger partial charge on any atom is 0.162 e. The van der Waals surface area contributed by atoms with Gasteiger partial charge in [0.2, 0.25) is 0 Å². The van der Waals surface area contributed by atoms with E-state index in [4.69, 9.17) is 14.2 Å². The van der Waals surface area contributed by atoms with Crippen molar-refractivity contribution in [2.75, 3.05) is 26.6 Å². The molecule has 0 saturated carbocycles. The van der Waals surface area contributed by atoms with Crippen LogP contribution in [-0.2, 0) is 4.79 Å². The molecular formula is C32H29NO4. The normalized spacial score (nSPS) is 18.6. The quantitative estimate of drug-likeness (QED) is 0.328. The van der Waals surface area contributed by atoms with Gasteiger partial charge in [0.1, 0.15) is 5.75 Å². The van der Waals surface area contributed by atoms with Gasteiger partial charge in [0.25, 0.3) is 0 Å². The number of hydrogen-bond acceptors (Lipinski definition) is 5. The van der Waals surface area contributed by atoms with Gasteiger partial charge in [-0.05, 0) is 70.1 Å². The second-order valence-corrected chi connectivity index (χ2v) is 9.59. The predicted octanol–water partition coefficient (Wildman–Crippen LogP) is 6.93. The highest BCUT2D eigenvalue weighted by molar-refractivity contribution is 6.13. The number of nitrogens with one attached hydrogen (secondary N) is 1. The topological polar surface area (TPSA) is 56.8 Å². The first kappa shape index (κ1) is 23.2. The summed E-state index contributed by atoms with van der Waals surface area (Å²) in [4.78, 5) is 14.0. The molecule has 0 saturated heterocycles. The Labute approximate surface area is 216 Å². The summed E-state index contributed by atoms with van der Waals surface area (Å²) in [6.45, 7) is 0. The largest absolute Gasteiger partial charge is 0.497 e. The Hall–Kier alpha value is -4.25. The molecule has 5 heteroatoms. The summed E-state index contributed by atoms with van der Waals surface area (Å²) >= 11 is 0. The van der Waals surface area contributed by atoms with Gasteiger partial charge in [-0.2, -0.15) is 0 Å². The van der Waals surface area contributed by atoms with E-state index in [1.54, 1.807) is 21.3 Å². The fourth-order valence-corrected chi connectivity index (χ4v) is 5.84. The van der Waals surface area contributed by atoms with Crippen molar-refractivity contribution < 1.29 is 19.0 Å². The average Bonchev–Trinajstić information content (AvgIpc) is 2.95. The molecule has 0 fully saturated rings. The third-order valence-electron chi connectivity index (χ3n) is 7.66. The number of Topliss-reactive ketones (excluding diaryl/α,β-unsaturated/α-hetero) is 1. The zero-order chi connectivity index (χ0) is 25.5. The monoisotopic (exact) mass is 491 g/mol. The molecule has 37 heavy (non-hydrogen) atoms. The van der Waals surface area contributed by atoms with Crippen LogP contribution in [0.2, 0.25) is 0 Å². The molecule has 1 N–H and O–H groups in total. The van der Waals surface area contributed by atoms with Crippen molar-refractivity contribution in [2.24, 2.45) is 0 Å². The van der Waals surface area contributed by atoms with Crippen LogP contribution in [0, 0.1) is 0 Å². The first-order chi connectivity index (χ1) is 18.1. The van der Waals surface area contributed by atoms with Gasteiger partial charge in [-0.15, -0.1) is 0 Å².